The molecule has 2 N–H and O–H groups in total. The van der Waals surface area contributed by atoms with Crippen molar-refractivity contribution < 1.29 is 18.3 Å². The topological polar surface area (TPSA) is 50.4 Å². The van der Waals surface area contributed by atoms with E-state index in [9.17, 15) is 13.6 Å². The van der Waals surface area contributed by atoms with Gasteiger partial charge in [0.15, 0.2) is 0 Å². The van der Waals surface area contributed by atoms with E-state index >= 15 is 0 Å². The largest absolute Gasteiger partial charge is 0.450 e. The highest BCUT2D eigenvalue weighted by Gasteiger charge is 2.05. The molecule has 0 saturated heterocycles. The van der Waals surface area contributed by atoms with Gasteiger partial charge in [-0.3, -0.25) is 5.32 Å². The first-order valence-corrected chi connectivity index (χ1v) is 6.34. The van der Waals surface area contributed by atoms with Gasteiger partial charge in [-0.2, -0.15) is 0 Å². The van der Waals surface area contributed by atoms with E-state index in [0.29, 0.717) is 11.4 Å². The van der Waals surface area contributed by atoms with Crippen LogP contribution in [0.3, 0.4) is 0 Å². The van der Waals surface area contributed by atoms with Gasteiger partial charge in [0.25, 0.3) is 0 Å². The minimum absolute atomic E-state index is 0.169. The molecule has 0 bridgehead atoms. The van der Waals surface area contributed by atoms with E-state index in [0.717, 1.165) is 6.07 Å². The lowest BCUT2D eigenvalue weighted by Gasteiger charge is -2.09. The van der Waals surface area contributed by atoms with E-state index in [4.69, 9.17) is 4.74 Å². The lowest BCUT2D eigenvalue weighted by atomic mass is 10.2. The zero-order valence-electron chi connectivity index (χ0n) is 11.3. The maximum atomic E-state index is 13.5. The molecule has 0 unspecified atom stereocenters. The second kappa shape index (κ2) is 6.69. The quantitative estimate of drug-likeness (QED) is 0.884. The summed E-state index contributed by atoms with van der Waals surface area (Å²) in [6, 6.07) is 9.88. The third kappa shape index (κ3) is 4.17. The van der Waals surface area contributed by atoms with Gasteiger partial charge in [-0.1, -0.05) is 0 Å². The molecule has 0 atom stereocenters. The molecular weight excluding hydrogens is 278 g/mol. The summed E-state index contributed by atoms with van der Waals surface area (Å²) in [7, 11) is 0. The van der Waals surface area contributed by atoms with Crippen LogP contribution in [0.2, 0.25) is 0 Å². The van der Waals surface area contributed by atoms with Crippen LogP contribution < -0.4 is 10.6 Å². The van der Waals surface area contributed by atoms with Gasteiger partial charge in [0, 0.05) is 17.4 Å². The maximum absolute atomic E-state index is 13.5. The van der Waals surface area contributed by atoms with Crippen LogP contribution in [0.15, 0.2) is 42.5 Å². The molecule has 0 saturated carbocycles. The van der Waals surface area contributed by atoms with Crippen LogP contribution in [0.1, 0.15) is 6.92 Å². The summed E-state index contributed by atoms with van der Waals surface area (Å²) < 4.78 is 31.0. The average molecular weight is 292 g/mol. The Hall–Kier alpha value is -2.63. The predicted molar refractivity (Wildman–Crippen MR) is 76.7 cm³/mol. The second-order valence-electron chi connectivity index (χ2n) is 4.17. The number of hydrogen-bond acceptors (Lipinski definition) is 3. The smallest absolute Gasteiger partial charge is 0.411 e. The molecule has 110 valence electrons. The van der Waals surface area contributed by atoms with Crippen molar-refractivity contribution in [3.63, 3.8) is 0 Å². The van der Waals surface area contributed by atoms with Crippen molar-refractivity contribution in [2.45, 2.75) is 6.92 Å². The number of carbonyl (C=O) groups excluding carboxylic acids is 1. The second-order valence-corrected chi connectivity index (χ2v) is 4.17. The van der Waals surface area contributed by atoms with Crippen LogP contribution in [0, 0.1) is 11.6 Å². The molecular formula is C15H14F2N2O2. The average Bonchev–Trinajstić information content (AvgIpc) is 2.44. The van der Waals surface area contributed by atoms with Gasteiger partial charge in [0.2, 0.25) is 0 Å². The molecule has 0 spiro atoms. The molecule has 4 nitrogen and oxygen atoms in total. The third-order valence-corrected chi connectivity index (χ3v) is 2.62. The van der Waals surface area contributed by atoms with Gasteiger partial charge in [-0.05, 0) is 43.3 Å². The van der Waals surface area contributed by atoms with Crippen molar-refractivity contribution in [3.05, 3.63) is 54.1 Å². The first-order valence-electron chi connectivity index (χ1n) is 6.34. The van der Waals surface area contributed by atoms with Gasteiger partial charge in [-0.15, -0.1) is 0 Å². The molecule has 2 aromatic carbocycles. The van der Waals surface area contributed by atoms with Gasteiger partial charge in [0.05, 0.1) is 12.3 Å². The molecule has 1 amide bonds. The number of rotatable bonds is 4. The minimum atomic E-state index is -0.677. The van der Waals surface area contributed by atoms with Gasteiger partial charge in [0.1, 0.15) is 11.6 Å². The number of carbonyl (C=O) groups is 1. The third-order valence-electron chi connectivity index (χ3n) is 2.62. The Morgan fingerprint density at radius 3 is 2.38 bits per heavy atom. The molecule has 0 aromatic heterocycles. The predicted octanol–water partition coefficient (Wildman–Crippen LogP) is 4.28. The number of amides is 1. The van der Waals surface area contributed by atoms with Crippen LogP contribution in [0.25, 0.3) is 0 Å². The summed E-state index contributed by atoms with van der Waals surface area (Å²) in [5, 5.41) is 5.36. The number of anilines is 3. The molecule has 0 heterocycles. The van der Waals surface area contributed by atoms with Crippen LogP contribution in [-0.2, 0) is 4.74 Å². The summed E-state index contributed by atoms with van der Waals surface area (Å²) >= 11 is 0. The van der Waals surface area contributed by atoms with Crippen LogP contribution in [-0.4, -0.2) is 12.7 Å². The van der Waals surface area contributed by atoms with Gasteiger partial charge < -0.3 is 10.1 Å². The van der Waals surface area contributed by atoms with E-state index in [2.05, 4.69) is 10.6 Å². The first kappa shape index (κ1) is 14.8. The number of halogens is 2. The van der Waals surface area contributed by atoms with Crippen molar-refractivity contribution in [2.75, 3.05) is 17.2 Å². The molecule has 0 aliphatic rings. The zero-order valence-corrected chi connectivity index (χ0v) is 11.3. The van der Waals surface area contributed by atoms with Crippen LogP contribution in [0.4, 0.5) is 30.6 Å². The number of nitrogens with one attached hydrogen (secondary N) is 2. The maximum Gasteiger partial charge on any atom is 0.411 e. The highest BCUT2D eigenvalue weighted by atomic mass is 19.1. The standard InChI is InChI=1S/C15H14F2N2O2/c1-2-21-15(20)19-12-6-4-11(5-7-12)18-14-8-3-10(16)9-13(14)17/h3-9,18H,2H2,1H3,(H,19,20). The first-order chi connectivity index (χ1) is 10.1. The minimum Gasteiger partial charge on any atom is -0.450 e. The van der Waals surface area contributed by atoms with E-state index in [-0.39, 0.29) is 12.3 Å². The summed E-state index contributed by atoms with van der Waals surface area (Å²) in [4.78, 5) is 11.2. The number of hydrogen-bond donors (Lipinski definition) is 2. The zero-order chi connectivity index (χ0) is 15.2. The molecule has 0 radical (unpaired) electrons. The van der Waals surface area contributed by atoms with Crippen molar-refractivity contribution >= 4 is 23.2 Å². The van der Waals surface area contributed by atoms with Crippen molar-refractivity contribution in [2.24, 2.45) is 0 Å². The Morgan fingerprint density at radius 2 is 1.76 bits per heavy atom. The Morgan fingerprint density at radius 1 is 1.10 bits per heavy atom. The fraction of sp³-hybridized carbons (Fsp3) is 0.133. The Labute approximate surface area is 120 Å². The lowest BCUT2D eigenvalue weighted by Crippen LogP contribution is -2.13. The van der Waals surface area contributed by atoms with Crippen LogP contribution >= 0.6 is 0 Å². The Kier molecular flexibility index (Phi) is 4.71. The summed E-state index contributed by atoms with van der Waals surface area (Å²) in [6.45, 7) is 2.00. The Bertz CT molecular complexity index is 630. The van der Waals surface area contributed by atoms with Crippen molar-refractivity contribution in [3.8, 4) is 0 Å². The normalized spacial score (nSPS) is 10.0. The molecule has 2 rings (SSSR count). The molecule has 0 aliphatic heterocycles. The van der Waals surface area contributed by atoms with Crippen molar-refractivity contribution in [1.29, 1.82) is 0 Å². The van der Waals surface area contributed by atoms with Crippen LogP contribution in [0.5, 0.6) is 0 Å². The molecule has 0 aliphatic carbocycles. The van der Waals surface area contributed by atoms with E-state index < -0.39 is 17.7 Å². The highest BCUT2D eigenvalue weighted by Crippen LogP contribution is 2.22. The summed E-state index contributed by atoms with van der Waals surface area (Å²) in [5.74, 6) is -1.31. The Balaban J connectivity index is 2.03. The fourth-order valence-corrected chi connectivity index (χ4v) is 1.67. The van der Waals surface area contributed by atoms with Gasteiger partial charge in [-0.25, -0.2) is 13.6 Å². The fourth-order valence-electron chi connectivity index (χ4n) is 1.67. The van der Waals surface area contributed by atoms with Gasteiger partial charge >= 0.3 is 6.09 Å². The number of ether oxygens (including phenoxy) is 1. The van der Waals surface area contributed by atoms with E-state index in [1.807, 2.05) is 0 Å². The summed E-state index contributed by atoms with van der Waals surface area (Å²) in [6.07, 6.45) is -0.539. The SMILES string of the molecule is CCOC(=O)Nc1ccc(Nc2ccc(F)cc2F)cc1. The highest BCUT2D eigenvalue weighted by molar-refractivity contribution is 5.84. The molecule has 6 heteroatoms. The van der Waals surface area contributed by atoms with E-state index in [1.54, 1.807) is 31.2 Å². The van der Waals surface area contributed by atoms with Crippen molar-refractivity contribution in [1.82, 2.24) is 0 Å². The summed E-state index contributed by atoms with van der Waals surface area (Å²) in [5.41, 5.74) is 1.33. The monoisotopic (exact) mass is 292 g/mol. The molecule has 21 heavy (non-hydrogen) atoms. The molecule has 2 aromatic rings. The lowest BCUT2D eigenvalue weighted by molar-refractivity contribution is 0.168. The van der Waals surface area contributed by atoms with E-state index in [1.165, 1.54) is 12.1 Å². The number of benzene rings is 2. The molecule has 0 fully saturated rings.